The van der Waals surface area contributed by atoms with Crippen molar-refractivity contribution in [3.8, 4) is 0 Å². The Hall–Kier alpha value is -3.22. The summed E-state index contributed by atoms with van der Waals surface area (Å²) >= 11 is 0. The SMILES string of the molecule is CN(C)C(=O)c1ccccc1NC(=O)C(=O)NCCc1ccccc1F. The number of anilines is 1. The molecule has 0 heterocycles. The van der Waals surface area contributed by atoms with Gasteiger partial charge in [-0.15, -0.1) is 0 Å². The van der Waals surface area contributed by atoms with Crippen LogP contribution in [0, 0.1) is 5.82 Å². The lowest BCUT2D eigenvalue weighted by atomic mass is 10.1. The maximum atomic E-state index is 13.5. The van der Waals surface area contributed by atoms with Crippen molar-refractivity contribution in [2.75, 3.05) is 26.0 Å². The maximum Gasteiger partial charge on any atom is 0.313 e. The Morgan fingerprint density at radius 2 is 1.62 bits per heavy atom. The van der Waals surface area contributed by atoms with Gasteiger partial charge >= 0.3 is 11.8 Å². The molecule has 2 aromatic rings. The van der Waals surface area contributed by atoms with Crippen LogP contribution < -0.4 is 10.6 Å². The molecule has 136 valence electrons. The number of para-hydroxylation sites is 1. The zero-order valence-electron chi connectivity index (χ0n) is 14.6. The van der Waals surface area contributed by atoms with Crippen molar-refractivity contribution in [2.45, 2.75) is 6.42 Å². The molecule has 26 heavy (non-hydrogen) atoms. The van der Waals surface area contributed by atoms with Crippen LogP contribution in [0.2, 0.25) is 0 Å². The molecule has 2 aromatic carbocycles. The minimum Gasteiger partial charge on any atom is -0.347 e. The van der Waals surface area contributed by atoms with Gasteiger partial charge in [0.05, 0.1) is 11.3 Å². The van der Waals surface area contributed by atoms with Gasteiger partial charge in [-0.1, -0.05) is 30.3 Å². The van der Waals surface area contributed by atoms with Crippen LogP contribution in [0.4, 0.5) is 10.1 Å². The quantitative estimate of drug-likeness (QED) is 0.802. The summed E-state index contributed by atoms with van der Waals surface area (Å²) in [6.45, 7) is 0.117. The second-order valence-corrected chi connectivity index (χ2v) is 5.80. The van der Waals surface area contributed by atoms with Gasteiger partial charge in [0.25, 0.3) is 5.91 Å². The molecular formula is C19H20FN3O3. The third kappa shape index (κ3) is 4.89. The summed E-state index contributed by atoms with van der Waals surface area (Å²) < 4.78 is 13.5. The smallest absolute Gasteiger partial charge is 0.313 e. The third-order valence-electron chi connectivity index (χ3n) is 3.66. The molecule has 0 aliphatic heterocycles. The summed E-state index contributed by atoms with van der Waals surface area (Å²) in [5, 5.41) is 4.87. The highest BCUT2D eigenvalue weighted by Crippen LogP contribution is 2.16. The zero-order chi connectivity index (χ0) is 19.1. The van der Waals surface area contributed by atoms with Crippen molar-refractivity contribution in [1.29, 1.82) is 0 Å². The van der Waals surface area contributed by atoms with Gasteiger partial charge in [-0.3, -0.25) is 14.4 Å². The summed E-state index contributed by atoms with van der Waals surface area (Å²) in [6.07, 6.45) is 0.265. The highest BCUT2D eigenvalue weighted by atomic mass is 19.1. The van der Waals surface area contributed by atoms with Crippen LogP contribution in [0.1, 0.15) is 15.9 Å². The van der Waals surface area contributed by atoms with Crippen molar-refractivity contribution < 1.29 is 18.8 Å². The number of nitrogens with one attached hydrogen (secondary N) is 2. The Morgan fingerprint density at radius 3 is 2.31 bits per heavy atom. The number of benzene rings is 2. The molecular weight excluding hydrogens is 337 g/mol. The fourth-order valence-electron chi connectivity index (χ4n) is 2.29. The third-order valence-corrected chi connectivity index (χ3v) is 3.66. The first-order valence-electron chi connectivity index (χ1n) is 8.03. The van der Waals surface area contributed by atoms with E-state index < -0.39 is 11.8 Å². The van der Waals surface area contributed by atoms with E-state index in [-0.39, 0.29) is 35.9 Å². The zero-order valence-corrected chi connectivity index (χ0v) is 14.6. The molecule has 0 aliphatic rings. The molecule has 0 unspecified atom stereocenters. The fourth-order valence-corrected chi connectivity index (χ4v) is 2.29. The standard InChI is InChI=1S/C19H20FN3O3/c1-23(2)19(26)14-8-4-6-10-16(14)22-18(25)17(24)21-12-11-13-7-3-5-9-15(13)20/h3-10H,11-12H2,1-2H3,(H,21,24)(H,22,25). The summed E-state index contributed by atoms with van der Waals surface area (Å²) in [6, 6.07) is 12.7. The van der Waals surface area contributed by atoms with E-state index in [0.29, 0.717) is 5.56 Å². The number of rotatable bonds is 5. The maximum absolute atomic E-state index is 13.5. The largest absolute Gasteiger partial charge is 0.347 e. The van der Waals surface area contributed by atoms with Crippen LogP contribution in [0.25, 0.3) is 0 Å². The van der Waals surface area contributed by atoms with Crippen molar-refractivity contribution >= 4 is 23.4 Å². The molecule has 2 N–H and O–H groups in total. The van der Waals surface area contributed by atoms with Gasteiger partial charge in [0.1, 0.15) is 5.82 Å². The monoisotopic (exact) mass is 357 g/mol. The predicted molar refractivity (Wildman–Crippen MR) is 96.2 cm³/mol. The number of hydrogen-bond acceptors (Lipinski definition) is 3. The van der Waals surface area contributed by atoms with E-state index in [1.165, 1.54) is 11.0 Å². The summed E-state index contributed by atoms with van der Waals surface area (Å²) in [4.78, 5) is 37.5. The molecule has 2 rings (SSSR count). The summed E-state index contributed by atoms with van der Waals surface area (Å²) in [5.41, 5.74) is 0.987. The second-order valence-electron chi connectivity index (χ2n) is 5.80. The van der Waals surface area contributed by atoms with Crippen LogP contribution in [0.15, 0.2) is 48.5 Å². The lowest BCUT2D eigenvalue weighted by Gasteiger charge is -2.14. The number of amides is 3. The lowest BCUT2D eigenvalue weighted by Crippen LogP contribution is -2.37. The molecule has 0 saturated carbocycles. The summed E-state index contributed by atoms with van der Waals surface area (Å²) in [7, 11) is 3.19. The van der Waals surface area contributed by atoms with Gasteiger partial charge in [-0.2, -0.15) is 0 Å². The normalized spacial score (nSPS) is 10.1. The average molecular weight is 357 g/mol. The Morgan fingerprint density at radius 1 is 0.962 bits per heavy atom. The number of carbonyl (C=O) groups excluding carboxylic acids is 3. The highest BCUT2D eigenvalue weighted by Gasteiger charge is 2.18. The first-order chi connectivity index (χ1) is 12.4. The molecule has 3 amide bonds. The van der Waals surface area contributed by atoms with E-state index in [1.54, 1.807) is 56.6 Å². The van der Waals surface area contributed by atoms with Crippen LogP contribution in [-0.2, 0) is 16.0 Å². The Bertz CT molecular complexity index is 821. The summed E-state index contributed by atoms with van der Waals surface area (Å²) in [5.74, 6) is -2.39. The van der Waals surface area contributed by atoms with Gasteiger partial charge in [0.2, 0.25) is 0 Å². The van der Waals surface area contributed by atoms with E-state index in [9.17, 15) is 18.8 Å². The molecule has 0 aliphatic carbocycles. The van der Waals surface area contributed by atoms with Crippen molar-refractivity contribution in [1.82, 2.24) is 10.2 Å². The molecule has 0 atom stereocenters. The highest BCUT2D eigenvalue weighted by molar-refractivity contribution is 6.40. The Labute approximate surface area is 151 Å². The number of hydrogen-bond donors (Lipinski definition) is 2. The van der Waals surface area contributed by atoms with Crippen molar-refractivity contribution in [3.63, 3.8) is 0 Å². The average Bonchev–Trinajstić information content (AvgIpc) is 2.63. The van der Waals surface area contributed by atoms with Gasteiger partial charge in [0.15, 0.2) is 0 Å². The lowest BCUT2D eigenvalue weighted by molar-refractivity contribution is -0.136. The number of halogens is 1. The number of nitrogens with zero attached hydrogens (tertiary/aromatic N) is 1. The second kappa shape index (κ2) is 8.75. The molecule has 7 heteroatoms. The Kier molecular flexibility index (Phi) is 6.43. The van der Waals surface area contributed by atoms with E-state index in [2.05, 4.69) is 10.6 Å². The molecule has 0 radical (unpaired) electrons. The van der Waals surface area contributed by atoms with Gasteiger partial charge < -0.3 is 15.5 Å². The Balaban J connectivity index is 1.94. The minimum absolute atomic E-state index is 0.117. The topological polar surface area (TPSA) is 78.5 Å². The van der Waals surface area contributed by atoms with Crippen LogP contribution >= 0.6 is 0 Å². The predicted octanol–water partition coefficient (Wildman–Crippen LogP) is 1.82. The van der Waals surface area contributed by atoms with Gasteiger partial charge in [0, 0.05) is 20.6 Å². The molecule has 0 saturated heterocycles. The molecule has 0 aromatic heterocycles. The molecule has 0 bridgehead atoms. The van der Waals surface area contributed by atoms with Crippen LogP contribution in [0.3, 0.4) is 0 Å². The van der Waals surface area contributed by atoms with E-state index in [1.807, 2.05) is 0 Å². The molecule has 0 spiro atoms. The molecule has 6 nitrogen and oxygen atoms in total. The van der Waals surface area contributed by atoms with E-state index in [4.69, 9.17) is 0 Å². The van der Waals surface area contributed by atoms with Gasteiger partial charge in [-0.05, 0) is 30.2 Å². The van der Waals surface area contributed by atoms with Crippen molar-refractivity contribution in [2.24, 2.45) is 0 Å². The number of carbonyl (C=O) groups is 3. The molecule has 0 fully saturated rings. The van der Waals surface area contributed by atoms with Crippen LogP contribution in [0.5, 0.6) is 0 Å². The first kappa shape index (κ1) is 19.1. The first-order valence-corrected chi connectivity index (χ1v) is 8.03. The fraction of sp³-hybridized carbons (Fsp3) is 0.211. The van der Waals surface area contributed by atoms with Crippen molar-refractivity contribution in [3.05, 3.63) is 65.5 Å². The van der Waals surface area contributed by atoms with E-state index >= 15 is 0 Å². The van der Waals surface area contributed by atoms with Crippen LogP contribution in [-0.4, -0.2) is 43.3 Å². The van der Waals surface area contributed by atoms with Gasteiger partial charge in [-0.25, -0.2) is 4.39 Å². The minimum atomic E-state index is -0.891. The van der Waals surface area contributed by atoms with E-state index in [0.717, 1.165) is 0 Å².